The third-order valence-electron chi connectivity index (χ3n) is 3.75. The number of thioether (sulfide) groups is 2. The number of hydrogen-bond acceptors (Lipinski definition) is 5. The number of carbonyl (C=O) groups excluding carboxylic acids is 1. The molecular formula is C18H21NO3S2. The molecule has 0 bridgehead atoms. The molecule has 6 heteroatoms. The highest BCUT2D eigenvalue weighted by atomic mass is 32.2. The van der Waals surface area contributed by atoms with Gasteiger partial charge in [0.1, 0.15) is 16.9 Å². The van der Waals surface area contributed by atoms with Crippen molar-refractivity contribution >= 4 is 29.4 Å². The number of nitrogens with zero attached hydrogens (tertiary/aromatic N) is 1. The number of furan rings is 1. The van der Waals surface area contributed by atoms with E-state index in [1.165, 1.54) is 0 Å². The van der Waals surface area contributed by atoms with Crippen molar-refractivity contribution in [3.05, 3.63) is 54.0 Å². The van der Waals surface area contributed by atoms with Gasteiger partial charge in [0, 0.05) is 12.3 Å². The molecule has 0 N–H and O–H groups in total. The van der Waals surface area contributed by atoms with E-state index < -0.39 is 0 Å². The van der Waals surface area contributed by atoms with E-state index in [4.69, 9.17) is 9.15 Å². The van der Waals surface area contributed by atoms with Gasteiger partial charge in [-0.1, -0.05) is 12.1 Å². The molecule has 2 heterocycles. The minimum absolute atomic E-state index is 0.109. The average Bonchev–Trinajstić information content (AvgIpc) is 3.23. The number of hydrogen-bond donors (Lipinski definition) is 0. The fourth-order valence-electron chi connectivity index (χ4n) is 2.60. The Kier molecular flexibility index (Phi) is 6.15. The molecular weight excluding hydrogens is 342 g/mol. The van der Waals surface area contributed by atoms with Crippen molar-refractivity contribution in [1.82, 2.24) is 4.90 Å². The van der Waals surface area contributed by atoms with Crippen molar-refractivity contribution in [3.63, 3.8) is 0 Å². The molecule has 2 aromatic rings. The molecule has 4 nitrogen and oxygen atoms in total. The van der Waals surface area contributed by atoms with E-state index in [1.807, 2.05) is 36.1 Å². The molecule has 0 saturated carbocycles. The summed E-state index contributed by atoms with van der Waals surface area (Å²) in [6, 6.07) is 12.0. The zero-order chi connectivity index (χ0) is 16.8. The standard InChI is InChI=1S/C18H21NO3S2/c1-2-21-15-7-5-14(6-8-15)18-19(17(20)13-24-18)9-11-23-12-16-4-3-10-22-16/h3-8,10,18H,2,9,11-13H2,1H3. The number of amides is 1. The highest BCUT2D eigenvalue weighted by molar-refractivity contribution is 8.00. The van der Waals surface area contributed by atoms with Crippen LogP contribution in [-0.4, -0.2) is 35.5 Å². The van der Waals surface area contributed by atoms with Crippen molar-refractivity contribution in [2.45, 2.75) is 18.1 Å². The highest BCUT2D eigenvalue weighted by Crippen LogP contribution is 2.39. The third kappa shape index (κ3) is 4.30. The summed E-state index contributed by atoms with van der Waals surface area (Å²) in [6.45, 7) is 3.39. The van der Waals surface area contributed by atoms with Crippen molar-refractivity contribution in [1.29, 1.82) is 0 Å². The molecule has 3 rings (SSSR count). The second-order valence-electron chi connectivity index (χ2n) is 5.38. The fraction of sp³-hybridized carbons (Fsp3) is 0.389. The van der Waals surface area contributed by atoms with E-state index in [0.717, 1.165) is 35.1 Å². The minimum Gasteiger partial charge on any atom is -0.494 e. The summed E-state index contributed by atoms with van der Waals surface area (Å²) in [5, 5.41) is 0.109. The van der Waals surface area contributed by atoms with Gasteiger partial charge in [-0.25, -0.2) is 0 Å². The molecule has 1 aromatic carbocycles. The average molecular weight is 364 g/mol. The van der Waals surface area contributed by atoms with Crippen LogP contribution in [0.2, 0.25) is 0 Å². The van der Waals surface area contributed by atoms with Gasteiger partial charge in [-0.05, 0) is 36.8 Å². The Morgan fingerprint density at radius 2 is 2.17 bits per heavy atom. The molecule has 1 fully saturated rings. The molecule has 128 valence electrons. The van der Waals surface area contributed by atoms with Gasteiger partial charge in [0.2, 0.25) is 5.91 Å². The summed E-state index contributed by atoms with van der Waals surface area (Å²) in [4.78, 5) is 14.2. The quantitative estimate of drug-likeness (QED) is 0.658. The Balaban J connectivity index is 1.55. The summed E-state index contributed by atoms with van der Waals surface area (Å²) in [7, 11) is 0. The Hall–Kier alpha value is -1.53. The summed E-state index contributed by atoms with van der Waals surface area (Å²) >= 11 is 3.48. The van der Waals surface area contributed by atoms with Crippen LogP contribution in [0.1, 0.15) is 23.6 Å². The maximum absolute atomic E-state index is 12.2. The summed E-state index contributed by atoms with van der Waals surface area (Å²) < 4.78 is 10.8. The SMILES string of the molecule is CCOc1ccc(C2SCC(=O)N2CCSCc2ccco2)cc1. The summed E-state index contributed by atoms with van der Waals surface area (Å²) in [5.41, 5.74) is 1.16. The number of carbonyl (C=O) groups is 1. The minimum atomic E-state index is 0.109. The first-order valence-corrected chi connectivity index (χ1v) is 10.2. The van der Waals surface area contributed by atoms with Gasteiger partial charge in [0.05, 0.1) is 24.4 Å². The molecule has 1 amide bonds. The van der Waals surface area contributed by atoms with Crippen LogP contribution in [0, 0.1) is 0 Å². The normalized spacial score (nSPS) is 17.5. The van der Waals surface area contributed by atoms with Crippen LogP contribution >= 0.6 is 23.5 Å². The molecule has 1 aliphatic heterocycles. The van der Waals surface area contributed by atoms with Crippen LogP contribution in [0.25, 0.3) is 0 Å². The topological polar surface area (TPSA) is 42.7 Å². The zero-order valence-electron chi connectivity index (χ0n) is 13.6. The molecule has 0 radical (unpaired) electrons. The maximum atomic E-state index is 12.2. The zero-order valence-corrected chi connectivity index (χ0v) is 15.3. The first-order chi connectivity index (χ1) is 11.8. The van der Waals surface area contributed by atoms with Gasteiger partial charge in [0.25, 0.3) is 0 Å². The van der Waals surface area contributed by atoms with E-state index in [-0.39, 0.29) is 11.3 Å². The van der Waals surface area contributed by atoms with Gasteiger partial charge >= 0.3 is 0 Å². The van der Waals surface area contributed by atoms with E-state index in [0.29, 0.717) is 12.4 Å². The summed E-state index contributed by atoms with van der Waals surface area (Å²) in [5.74, 6) is 4.37. The van der Waals surface area contributed by atoms with Crippen LogP contribution in [0.3, 0.4) is 0 Å². The highest BCUT2D eigenvalue weighted by Gasteiger charge is 2.32. The van der Waals surface area contributed by atoms with Gasteiger partial charge in [-0.3, -0.25) is 4.79 Å². The molecule has 0 aliphatic carbocycles. The molecule has 1 saturated heterocycles. The molecule has 1 atom stereocenters. The monoisotopic (exact) mass is 363 g/mol. The molecule has 0 spiro atoms. The van der Waals surface area contributed by atoms with Gasteiger partial charge in [-0.2, -0.15) is 11.8 Å². The summed E-state index contributed by atoms with van der Waals surface area (Å²) in [6.07, 6.45) is 1.69. The predicted octanol–water partition coefficient (Wildman–Crippen LogP) is 4.19. The molecule has 1 aromatic heterocycles. The largest absolute Gasteiger partial charge is 0.494 e. The lowest BCUT2D eigenvalue weighted by molar-refractivity contribution is -0.127. The second-order valence-corrected chi connectivity index (χ2v) is 7.56. The first kappa shape index (κ1) is 17.3. The Morgan fingerprint density at radius 1 is 1.33 bits per heavy atom. The lowest BCUT2D eigenvalue weighted by Gasteiger charge is -2.24. The van der Waals surface area contributed by atoms with E-state index in [2.05, 4.69) is 12.1 Å². The Labute approximate surface area is 150 Å². The van der Waals surface area contributed by atoms with Crippen molar-refractivity contribution in [3.8, 4) is 5.75 Å². The second kappa shape index (κ2) is 8.53. The van der Waals surface area contributed by atoms with Gasteiger partial charge < -0.3 is 14.1 Å². The van der Waals surface area contributed by atoms with Crippen LogP contribution in [0.4, 0.5) is 0 Å². The fourth-order valence-corrected chi connectivity index (χ4v) is 4.65. The molecule has 24 heavy (non-hydrogen) atoms. The van der Waals surface area contributed by atoms with E-state index in [9.17, 15) is 4.79 Å². The first-order valence-electron chi connectivity index (χ1n) is 8.02. The van der Waals surface area contributed by atoms with Crippen LogP contribution in [0.15, 0.2) is 47.1 Å². The number of benzene rings is 1. The lowest BCUT2D eigenvalue weighted by atomic mass is 10.2. The van der Waals surface area contributed by atoms with E-state index >= 15 is 0 Å². The van der Waals surface area contributed by atoms with Gasteiger partial charge in [0.15, 0.2) is 0 Å². The van der Waals surface area contributed by atoms with E-state index in [1.54, 1.807) is 29.8 Å². The number of ether oxygens (including phenoxy) is 1. The third-order valence-corrected chi connectivity index (χ3v) is 5.96. The smallest absolute Gasteiger partial charge is 0.233 e. The van der Waals surface area contributed by atoms with Crippen molar-refractivity contribution in [2.24, 2.45) is 0 Å². The number of rotatable bonds is 8. The van der Waals surface area contributed by atoms with Crippen LogP contribution in [-0.2, 0) is 10.5 Å². The lowest BCUT2D eigenvalue weighted by Crippen LogP contribution is -2.30. The maximum Gasteiger partial charge on any atom is 0.233 e. The predicted molar refractivity (Wildman–Crippen MR) is 99.4 cm³/mol. The van der Waals surface area contributed by atoms with Crippen LogP contribution < -0.4 is 4.74 Å². The van der Waals surface area contributed by atoms with Crippen LogP contribution in [0.5, 0.6) is 5.75 Å². The Morgan fingerprint density at radius 3 is 2.88 bits per heavy atom. The Bertz CT molecular complexity index is 643. The molecule has 1 aliphatic rings. The van der Waals surface area contributed by atoms with Crippen molar-refractivity contribution in [2.75, 3.05) is 24.7 Å². The molecule has 1 unspecified atom stereocenters. The van der Waals surface area contributed by atoms with Crippen molar-refractivity contribution < 1.29 is 13.9 Å². The van der Waals surface area contributed by atoms with Gasteiger partial charge in [-0.15, -0.1) is 11.8 Å².